The lowest BCUT2D eigenvalue weighted by atomic mass is 10.0. The zero-order valence-electron chi connectivity index (χ0n) is 16.2. The average molecular weight is 417 g/mol. The van der Waals surface area contributed by atoms with Gasteiger partial charge in [-0.25, -0.2) is 19.3 Å². The van der Waals surface area contributed by atoms with Crippen LogP contribution in [0.5, 0.6) is 0 Å². The number of nitrogens with one attached hydrogen (secondary N) is 2. The molecule has 1 aliphatic rings. The molecule has 2 atom stereocenters. The second kappa shape index (κ2) is 8.04. The van der Waals surface area contributed by atoms with Crippen molar-refractivity contribution < 1.29 is 9.18 Å². The smallest absolute Gasteiger partial charge is 0.183 e. The lowest BCUT2D eigenvalue weighted by Crippen LogP contribution is -2.48. The molecule has 7 nitrogen and oxygen atoms in total. The Balaban J connectivity index is 1.59. The van der Waals surface area contributed by atoms with Gasteiger partial charge in [-0.05, 0) is 39.3 Å². The maximum absolute atomic E-state index is 14.4. The minimum absolute atomic E-state index is 0.00174. The maximum Gasteiger partial charge on any atom is 0.183 e. The summed E-state index contributed by atoms with van der Waals surface area (Å²) in [6.07, 6.45) is 6.27. The highest BCUT2D eigenvalue weighted by atomic mass is 35.5. The van der Waals surface area contributed by atoms with Crippen LogP contribution in [0.2, 0.25) is 5.02 Å². The van der Waals surface area contributed by atoms with E-state index in [9.17, 15) is 9.18 Å². The summed E-state index contributed by atoms with van der Waals surface area (Å²) >= 11 is 6.06. The molecule has 4 rings (SSSR count). The van der Waals surface area contributed by atoms with Crippen LogP contribution < -0.4 is 5.32 Å². The van der Waals surface area contributed by atoms with Gasteiger partial charge in [-0.15, -0.1) is 0 Å². The van der Waals surface area contributed by atoms with E-state index in [0.717, 1.165) is 24.8 Å². The molecule has 29 heavy (non-hydrogen) atoms. The maximum atomic E-state index is 14.4. The first-order chi connectivity index (χ1) is 13.9. The summed E-state index contributed by atoms with van der Waals surface area (Å²) in [6.45, 7) is 5.02. The van der Waals surface area contributed by atoms with E-state index in [2.05, 4.69) is 30.2 Å². The minimum atomic E-state index is -0.513. The molecular weight excluding hydrogens is 395 g/mol. The number of carbonyl (C=O) groups excluding carboxylic acids is 1. The summed E-state index contributed by atoms with van der Waals surface area (Å²) < 4.78 is 14.4. The third kappa shape index (κ3) is 4.09. The van der Waals surface area contributed by atoms with Crippen LogP contribution in [0.3, 0.4) is 0 Å². The summed E-state index contributed by atoms with van der Waals surface area (Å²) in [5.74, 6) is 0.157. The van der Waals surface area contributed by atoms with Crippen molar-refractivity contribution in [2.45, 2.75) is 38.8 Å². The van der Waals surface area contributed by atoms with Gasteiger partial charge < -0.3 is 10.3 Å². The Kier molecular flexibility index (Phi) is 5.47. The van der Waals surface area contributed by atoms with Gasteiger partial charge in [-0.3, -0.25) is 9.69 Å². The van der Waals surface area contributed by atoms with Crippen molar-refractivity contribution in [3.05, 3.63) is 35.5 Å². The normalized spacial score (nSPS) is 18.7. The second-order valence-electron chi connectivity index (χ2n) is 7.41. The summed E-state index contributed by atoms with van der Waals surface area (Å²) in [6, 6.07) is 1.63. The van der Waals surface area contributed by atoms with Crippen LogP contribution in [0.25, 0.3) is 22.4 Å². The van der Waals surface area contributed by atoms with E-state index in [0.29, 0.717) is 28.6 Å². The van der Waals surface area contributed by atoms with Gasteiger partial charge in [0, 0.05) is 35.9 Å². The van der Waals surface area contributed by atoms with Crippen LogP contribution in [0.15, 0.2) is 24.7 Å². The molecule has 3 aromatic heterocycles. The van der Waals surface area contributed by atoms with Crippen molar-refractivity contribution >= 4 is 34.2 Å². The van der Waals surface area contributed by atoms with Gasteiger partial charge in [0.25, 0.3) is 0 Å². The number of likely N-dealkylation sites (tertiary alicyclic amines) is 1. The Morgan fingerprint density at radius 2 is 2.24 bits per heavy atom. The van der Waals surface area contributed by atoms with Gasteiger partial charge in [0.2, 0.25) is 0 Å². The Hall–Kier alpha value is -2.58. The number of halogens is 2. The molecule has 4 heterocycles. The second-order valence-corrected chi connectivity index (χ2v) is 7.84. The zero-order valence-corrected chi connectivity index (χ0v) is 17.0. The van der Waals surface area contributed by atoms with Crippen molar-refractivity contribution in [1.29, 1.82) is 0 Å². The summed E-state index contributed by atoms with van der Waals surface area (Å²) in [5, 5.41) is 4.48. The predicted molar refractivity (Wildman–Crippen MR) is 110 cm³/mol. The van der Waals surface area contributed by atoms with Gasteiger partial charge in [0.1, 0.15) is 11.4 Å². The fourth-order valence-electron chi connectivity index (χ4n) is 3.69. The molecular formula is C20H22ClFN6O. The standard InChI is InChI=1S/C20H22ClFN6O/c1-11(12(2)29)28-5-3-4-14(10-28)26-20-17(22)9-25-19(27-20)16-8-24-18-15(16)6-13(21)7-23-18/h6-9,11,14H,3-5,10H2,1-2H3,(H,23,24)(H,25,26,27). The third-order valence-electron chi connectivity index (χ3n) is 5.41. The molecule has 9 heteroatoms. The molecule has 0 aromatic carbocycles. The first-order valence-electron chi connectivity index (χ1n) is 9.59. The molecule has 0 bridgehead atoms. The Bertz CT molecular complexity index is 1050. The molecule has 1 fully saturated rings. The highest BCUT2D eigenvalue weighted by molar-refractivity contribution is 6.31. The molecule has 3 aromatic rings. The van der Waals surface area contributed by atoms with E-state index < -0.39 is 5.82 Å². The fraction of sp³-hybridized carbons (Fsp3) is 0.400. The molecule has 0 saturated carbocycles. The number of piperidine rings is 1. The van der Waals surface area contributed by atoms with E-state index in [1.165, 1.54) is 6.20 Å². The molecule has 1 saturated heterocycles. The van der Waals surface area contributed by atoms with Crippen LogP contribution in [-0.4, -0.2) is 55.8 Å². The molecule has 152 valence electrons. The average Bonchev–Trinajstić information content (AvgIpc) is 3.12. The van der Waals surface area contributed by atoms with Crippen molar-refractivity contribution in [2.75, 3.05) is 18.4 Å². The summed E-state index contributed by atoms with van der Waals surface area (Å²) in [4.78, 5) is 29.7. The molecule has 2 N–H and O–H groups in total. The molecule has 0 spiro atoms. The minimum Gasteiger partial charge on any atom is -0.363 e. The highest BCUT2D eigenvalue weighted by Crippen LogP contribution is 2.28. The monoisotopic (exact) mass is 416 g/mol. The number of ketones is 1. The van der Waals surface area contributed by atoms with E-state index in [1.807, 2.05) is 6.92 Å². The number of anilines is 1. The quantitative estimate of drug-likeness (QED) is 0.660. The topological polar surface area (TPSA) is 86.8 Å². The van der Waals surface area contributed by atoms with Gasteiger partial charge in [0.15, 0.2) is 17.5 Å². The van der Waals surface area contributed by atoms with Crippen molar-refractivity contribution in [3.8, 4) is 11.4 Å². The van der Waals surface area contributed by atoms with Crippen molar-refractivity contribution in [2.24, 2.45) is 0 Å². The number of pyridine rings is 1. The third-order valence-corrected chi connectivity index (χ3v) is 5.62. The van der Waals surface area contributed by atoms with E-state index >= 15 is 0 Å². The van der Waals surface area contributed by atoms with Crippen LogP contribution in [-0.2, 0) is 4.79 Å². The molecule has 1 aliphatic heterocycles. The number of fused-ring (bicyclic) bond motifs is 1. The summed E-state index contributed by atoms with van der Waals surface area (Å²) in [7, 11) is 0. The number of hydrogen-bond donors (Lipinski definition) is 2. The number of H-pyrrole nitrogens is 1. The van der Waals surface area contributed by atoms with Crippen molar-refractivity contribution in [1.82, 2.24) is 24.8 Å². The Morgan fingerprint density at radius 1 is 1.41 bits per heavy atom. The number of rotatable bonds is 5. The number of aromatic amines is 1. The number of Topliss-reactive ketones (excluding diaryl/α,β-unsaturated/α-hetero) is 1. The van der Waals surface area contributed by atoms with Crippen LogP contribution in [0, 0.1) is 5.82 Å². The van der Waals surface area contributed by atoms with E-state index in [-0.39, 0.29) is 23.7 Å². The van der Waals surface area contributed by atoms with Gasteiger partial charge >= 0.3 is 0 Å². The molecule has 2 unspecified atom stereocenters. The SMILES string of the molecule is CC(=O)C(C)N1CCCC(Nc2nc(-c3c[nH]c4ncc(Cl)cc34)ncc2F)C1. The van der Waals surface area contributed by atoms with Gasteiger partial charge in [-0.1, -0.05) is 11.6 Å². The molecule has 0 amide bonds. The number of hydrogen-bond acceptors (Lipinski definition) is 6. The van der Waals surface area contributed by atoms with Gasteiger partial charge in [0.05, 0.1) is 17.3 Å². The molecule has 0 aliphatic carbocycles. The zero-order chi connectivity index (χ0) is 20.5. The van der Waals surface area contributed by atoms with Crippen molar-refractivity contribution in [3.63, 3.8) is 0 Å². The van der Waals surface area contributed by atoms with Gasteiger partial charge in [-0.2, -0.15) is 0 Å². The Labute approximate surface area is 172 Å². The first kappa shape index (κ1) is 19.7. The predicted octanol–water partition coefficient (Wildman–Crippen LogP) is 3.67. The lowest BCUT2D eigenvalue weighted by molar-refractivity contribution is -0.122. The Morgan fingerprint density at radius 3 is 3.03 bits per heavy atom. The number of carbonyl (C=O) groups is 1. The highest BCUT2D eigenvalue weighted by Gasteiger charge is 2.26. The van der Waals surface area contributed by atoms with Crippen LogP contribution >= 0.6 is 11.6 Å². The molecule has 0 radical (unpaired) electrons. The van der Waals surface area contributed by atoms with E-state index in [4.69, 9.17) is 11.6 Å². The number of nitrogens with zero attached hydrogens (tertiary/aromatic N) is 4. The first-order valence-corrected chi connectivity index (χ1v) is 9.96. The van der Waals surface area contributed by atoms with E-state index in [1.54, 1.807) is 25.4 Å². The van der Waals surface area contributed by atoms with Crippen LogP contribution in [0.4, 0.5) is 10.2 Å². The largest absolute Gasteiger partial charge is 0.363 e. The number of aromatic nitrogens is 4. The van der Waals surface area contributed by atoms with Crippen LogP contribution in [0.1, 0.15) is 26.7 Å². The summed E-state index contributed by atoms with van der Waals surface area (Å²) in [5.41, 5.74) is 1.36. The lowest BCUT2D eigenvalue weighted by Gasteiger charge is -2.36. The fourth-order valence-corrected chi connectivity index (χ4v) is 3.85.